The summed E-state index contributed by atoms with van der Waals surface area (Å²) in [5.41, 5.74) is 0.111. The van der Waals surface area contributed by atoms with Crippen LogP contribution in [0.15, 0.2) is 30.3 Å². The van der Waals surface area contributed by atoms with E-state index in [0.29, 0.717) is 0 Å². The predicted molar refractivity (Wildman–Crippen MR) is 67.1 cm³/mol. The maximum atomic E-state index is 11.6. The maximum Gasteiger partial charge on any atom is 0.212 e. The number of hydrogen-bond acceptors (Lipinski definition) is 2. The Kier molecular flexibility index (Phi) is 4.35. The first-order chi connectivity index (χ1) is 7.43. The molecule has 0 bridgehead atoms. The molecule has 0 saturated carbocycles. The van der Waals surface area contributed by atoms with Crippen molar-refractivity contribution < 1.29 is 8.42 Å². The van der Waals surface area contributed by atoms with Crippen LogP contribution in [0.2, 0.25) is 0 Å². The maximum absolute atomic E-state index is 11.6. The monoisotopic (exact) mass is 261 g/mol. The Hall–Kier alpha value is -0.580. The quantitative estimate of drug-likeness (QED) is 0.825. The van der Waals surface area contributed by atoms with Crippen LogP contribution in [0.5, 0.6) is 0 Å². The van der Waals surface area contributed by atoms with Crippen LogP contribution >= 0.6 is 11.6 Å². The van der Waals surface area contributed by atoms with Gasteiger partial charge < -0.3 is 0 Å². The van der Waals surface area contributed by atoms with Crippen LogP contribution in [0.3, 0.4) is 0 Å². The summed E-state index contributed by atoms with van der Waals surface area (Å²) in [5.74, 6) is 0.239. The molecule has 3 nitrogen and oxygen atoms in total. The van der Waals surface area contributed by atoms with Gasteiger partial charge >= 0.3 is 0 Å². The third-order valence-electron chi connectivity index (χ3n) is 2.44. The van der Waals surface area contributed by atoms with E-state index in [0.717, 1.165) is 5.56 Å². The molecule has 1 aromatic rings. The molecule has 1 rings (SSSR count). The number of hydrogen-bond donors (Lipinski definition) is 1. The number of nitrogens with one attached hydrogen (secondary N) is 1. The van der Waals surface area contributed by atoms with Gasteiger partial charge in [0, 0.05) is 5.88 Å². The van der Waals surface area contributed by atoms with Gasteiger partial charge in [0.25, 0.3) is 0 Å². The van der Waals surface area contributed by atoms with E-state index in [-0.39, 0.29) is 11.6 Å². The smallest absolute Gasteiger partial charge is 0.212 e. The van der Waals surface area contributed by atoms with E-state index >= 15 is 0 Å². The standard InChI is InChI=1S/C11H16ClNO2S/c1-3-16(14,15)13-11(2,9-12)10-7-5-4-6-8-10/h4-8,13H,3,9H2,1-2H3. The normalized spacial score (nSPS) is 15.7. The van der Waals surface area contributed by atoms with E-state index in [4.69, 9.17) is 11.6 Å². The van der Waals surface area contributed by atoms with Gasteiger partial charge in [-0.25, -0.2) is 13.1 Å². The third kappa shape index (κ3) is 3.20. The molecule has 1 N–H and O–H groups in total. The summed E-state index contributed by atoms with van der Waals surface area (Å²) in [4.78, 5) is 0. The lowest BCUT2D eigenvalue weighted by Gasteiger charge is -2.28. The van der Waals surface area contributed by atoms with Crippen LogP contribution in [-0.4, -0.2) is 20.1 Å². The van der Waals surface area contributed by atoms with Crippen molar-refractivity contribution >= 4 is 21.6 Å². The van der Waals surface area contributed by atoms with Crippen molar-refractivity contribution in [2.24, 2.45) is 0 Å². The fraction of sp³-hybridized carbons (Fsp3) is 0.455. The van der Waals surface area contributed by atoms with Crippen LogP contribution < -0.4 is 4.72 Å². The highest BCUT2D eigenvalue weighted by Gasteiger charge is 2.29. The number of halogens is 1. The first-order valence-electron chi connectivity index (χ1n) is 5.06. The molecular weight excluding hydrogens is 246 g/mol. The Morgan fingerprint density at radius 2 is 1.88 bits per heavy atom. The third-order valence-corrected chi connectivity index (χ3v) is 4.50. The van der Waals surface area contributed by atoms with Crippen LogP contribution in [-0.2, 0) is 15.6 Å². The van der Waals surface area contributed by atoms with Crippen molar-refractivity contribution in [2.45, 2.75) is 19.4 Å². The zero-order valence-corrected chi connectivity index (χ0v) is 11.0. The van der Waals surface area contributed by atoms with Crippen molar-refractivity contribution in [3.05, 3.63) is 35.9 Å². The Morgan fingerprint density at radius 3 is 2.31 bits per heavy atom. The molecule has 0 saturated heterocycles. The van der Waals surface area contributed by atoms with Gasteiger partial charge in [-0.3, -0.25) is 0 Å². The first-order valence-corrected chi connectivity index (χ1v) is 7.25. The molecule has 0 amide bonds. The fourth-order valence-corrected chi connectivity index (χ4v) is 2.71. The first kappa shape index (κ1) is 13.5. The van der Waals surface area contributed by atoms with Crippen molar-refractivity contribution in [3.8, 4) is 0 Å². The molecule has 0 heterocycles. The minimum absolute atomic E-state index is 0.0479. The van der Waals surface area contributed by atoms with E-state index in [1.54, 1.807) is 13.8 Å². The van der Waals surface area contributed by atoms with E-state index in [2.05, 4.69) is 4.72 Å². The predicted octanol–water partition coefficient (Wildman–Crippen LogP) is 2.08. The Morgan fingerprint density at radius 1 is 1.31 bits per heavy atom. The largest absolute Gasteiger partial charge is 0.212 e. The zero-order chi connectivity index (χ0) is 12.2. The second kappa shape index (κ2) is 5.17. The number of alkyl halides is 1. The summed E-state index contributed by atoms with van der Waals surface area (Å²) >= 11 is 5.88. The molecule has 1 unspecified atom stereocenters. The van der Waals surface area contributed by atoms with Crippen LogP contribution in [0.4, 0.5) is 0 Å². The van der Waals surface area contributed by atoms with Gasteiger partial charge in [-0.05, 0) is 19.4 Å². The molecule has 0 aromatic heterocycles. The van der Waals surface area contributed by atoms with Gasteiger partial charge in [0.15, 0.2) is 0 Å². The molecule has 90 valence electrons. The number of rotatable bonds is 5. The van der Waals surface area contributed by atoms with Crippen molar-refractivity contribution in [1.29, 1.82) is 0 Å². The summed E-state index contributed by atoms with van der Waals surface area (Å²) < 4.78 is 25.8. The van der Waals surface area contributed by atoms with Gasteiger partial charge in [0.1, 0.15) is 0 Å². The summed E-state index contributed by atoms with van der Waals surface area (Å²) in [6.45, 7) is 3.38. The van der Waals surface area contributed by atoms with Crippen molar-refractivity contribution in [1.82, 2.24) is 4.72 Å². The SMILES string of the molecule is CCS(=O)(=O)NC(C)(CCl)c1ccccc1. The Labute approximate surface area is 102 Å². The summed E-state index contributed by atoms with van der Waals surface area (Å²) in [5, 5.41) is 0. The van der Waals surface area contributed by atoms with Gasteiger partial charge in [0.05, 0.1) is 11.3 Å². The molecule has 0 aliphatic heterocycles. The summed E-state index contributed by atoms with van der Waals surface area (Å²) in [6, 6.07) is 9.33. The second-order valence-electron chi connectivity index (χ2n) is 3.84. The highest BCUT2D eigenvalue weighted by atomic mass is 35.5. The van der Waals surface area contributed by atoms with E-state index in [9.17, 15) is 8.42 Å². The lowest BCUT2D eigenvalue weighted by atomic mass is 9.96. The van der Waals surface area contributed by atoms with Crippen molar-refractivity contribution in [3.63, 3.8) is 0 Å². The molecule has 16 heavy (non-hydrogen) atoms. The molecular formula is C11H16ClNO2S. The van der Waals surface area contributed by atoms with Crippen molar-refractivity contribution in [2.75, 3.05) is 11.6 Å². The fourth-order valence-electron chi connectivity index (χ4n) is 1.38. The highest BCUT2D eigenvalue weighted by molar-refractivity contribution is 7.89. The highest BCUT2D eigenvalue weighted by Crippen LogP contribution is 2.23. The minimum atomic E-state index is -3.27. The Bertz CT molecular complexity index is 433. The Balaban J connectivity index is 3.04. The van der Waals surface area contributed by atoms with Crippen LogP contribution in [0.25, 0.3) is 0 Å². The minimum Gasteiger partial charge on any atom is -0.212 e. The average Bonchev–Trinajstić information content (AvgIpc) is 2.29. The molecule has 0 spiro atoms. The van der Waals surface area contributed by atoms with Gasteiger partial charge in [0.2, 0.25) is 10.0 Å². The number of benzene rings is 1. The molecule has 5 heteroatoms. The molecule has 0 aliphatic rings. The van der Waals surface area contributed by atoms with Crippen LogP contribution in [0.1, 0.15) is 19.4 Å². The topological polar surface area (TPSA) is 46.2 Å². The molecule has 1 aromatic carbocycles. The lowest BCUT2D eigenvalue weighted by molar-refractivity contribution is 0.478. The molecule has 1 atom stereocenters. The van der Waals surface area contributed by atoms with Gasteiger partial charge in [-0.2, -0.15) is 0 Å². The van der Waals surface area contributed by atoms with Gasteiger partial charge in [-0.1, -0.05) is 30.3 Å². The van der Waals surface area contributed by atoms with E-state index < -0.39 is 15.6 Å². The van der Waals surface area contributed by atoms with Crippen LogP contribution in [0, 0.1) is 0 Å². The van der Waals surface area contributed by atoms with E-state index in [1.165, 1.54) is 0 Å². The van der Waals surface area contributed by atoms with Gasteiger partial charge in [-0.15, -0.1) is 11.6 Å². The molecule has 0 radical (unpaired) electrons. The van der Waals surface area contributed by atoms with E-state index in [1.807, 2.05) is 30.3 Å². The molecule has 0 aliphatic carbocycles. The summed E-state index contributed by atoms with van der Waals surface area (Å²) in [7, 11) is -3.27. The summed E-state index contributed by atoms with van der Waals surface area (Å²) in [6.07, 6.45) is 0. The molecule has 0 fully saturated rings. The number of sulfonamides is 1. The average molecular weight is 262 g/mol. The zero-order valence-electron chi connectivity index (χ0n) is 9.40. The second-order valence-corrected chi connectivity index (χ2v) is 6.12. The lowest BCUT2D eigenvalue weighted by Crippen LogP contribution is -2.45.